The van der Waals surface area contributed by atoms with Crippen LogP contribution < -0.4 is 10.0 Å². The Hall–Kier alpha value is -2.08. The highest BCUT2D eigenvalue weighted by atomic mass is 32.2. The van der Waals surface area contributed by atoms with E-state index in [9.17, 15) is 8.42 Å². The predicted molar refractivity (Wildman–Crippen MR) is 122 cm³/mol. The van der Waals surface area contributed by atoms with E-state index in [1.807, 2.05) is 13.0 Å². The molecule has 0 bridgehead atoms. The molecule has 2 atom stereocenters. The van der Waals surface area contributed by atoms with Gasteiger partial charge in [0.2, 0.25) is 15.8 Å². The van der Waals surface area contributed by atoms with E-state index in [1.165, 1.54) is 26.3 Å². The number of nitrogens with zero attached hydrogens (tertiary/aromatic N) is 5. The number of ether oxygens (including phenoxy) is 1. The van der Waals surface area contributed by atoms with Gasteiger partial charge in [0, 0.05) is 37.5 Å². The molecule has 0 radical (unpaired) electrons. The van der Waals surface area contributed by atoms with E-state index < -0.39 is 10.0 Å². The first kappa shape index (κ1) is 23.1. The fraction of sp³-hybridized carbons (Fsp3) is 0.667. The molecule has 2 aromatic rings. The van der Waals surface area contributed by atoms with Crippen LogP contribution in [0.2, 0.25) is 0 Å². The molecule has 1 saturated carbocycles. The second-order valence-electron chi connectivity index (χ2n) is 8.60. The molecular weight excluding hydrogens is 430 g/mol. The van der Waals surface area contributed by atoms with Gasteiger partial charge in [-0.2, -0.15) is 4.80 Å². The van der Waals surface area contributed by atoms with Crippen molar-refractivity contribution >= 4 is 15.7 Å². The van der Waals surface area contributed by atoms with Crippen LogP contribution in [-0.2, 0) is 14.8 Å². The van der Waals surface area contributed by atoms with Crippen molar-refractivity contribution < 1.29 is 13.2 Å². The van der Waals surface area contributed by atoms with E-state index in [1.54, 1.807) is 24.0 Å². The summed E-state index contributed by atoms with van der Waals surface area (Å²) in [6, 6.07) is 5.53. The van der Waals surface area contributed by atoms with Crippen molar-refractivity contribution in [1.82, 2.24) is 29.8 Å². The molecule has 2 fully saturated rings. The lowest BCUT2D eigenvalue weighted by molar-refractivity contribution is -0.00710. The van der Waals surface area contributed by atoms with Crippen LogP contribution in [0, 0.1) is 0 Å². The number of likely N-dealkylation sites (tertiary alicyclic amines) is 1. The molecule has 10 nitrogen and oxygen atoms in total. The highest BCUT2D eigenvalue weighted by molar-refractivity contribution is 7.89. The van der Waals surface area contributed by atoms with Crippen LogP contribution in [-0.4, -0.2) is 73.0 Å². The van der Waals surface area contributed by atoms with Crippen molar-refractivity contribution in [3.8, 4) is 11.4 Å². The number of rotatable bonds is 8. The Bertz CT molecular complexity index is 1020. The maximum Gasteiger partial charge on any atom is 0.240 e. The highest BCUT2D eigenvalue weighted by Crippen LogP contribution is 2.31. The Labute approximate surface area is 189 Å². The number of hydrogen-bond acceptors (Lipinski definition) is 8. The molecule has 2 heterocycles. The first-order valence-electron chi connectivity index (χ1n) is 11.3. The third-order valence-electron chi connectivity index (χ3n) is 6.58. The fourth-order valence-electron chi connectivity index (χ4n) is 4.51. The minimum absolute atomic E-state index is 0.0396. The van der Waals surface area contributed by atoms with Crippen molar-refractivity contribution in [2.75, 3.05) is 32.6 Å². The maximum atomic E-state index is 12.4. The van der Waals surface area contributed by atoms with Crippen LogP contribution in [0.3, 0.4) is 0 Å². The van der Waals surface area contributed by atoms with Crippen molar-refractivity contribution in [3.63, 3.8) is 0 Å². The first-order chi connectivity index (χ1) is 15.4. The normalized spacial score (nSPS) is 21.7. The molecule has 1 aromatic carbocycles. The molecule has 11 heteroatoms. The van der Waals surface area contributed by atoms with Gasteiger partial charge in [0.25, 0.3) is 0 Å². The van der Waals surface area contributed by atoms with Gasteiger partial charge >= 0.3 is 0 Å². The second-order valence-corrected chi connectivity index (χ2v) is 10.5. The number of benzene rings is 1. The van der Waals surface area contributed by atoms with E-state index in [0.29, 0.717) is 17.4 Å². The summed E-state index contributed by atoms with van der Waals surface area (Å²) in [6.07, 6.45) is 6.82. The number of hydrogen-bond donors (Lipinski definition) is 2. The smallest absolute Gasteiger partial charge is 0.240 e. The van der Waals surface area contributed by atoms with Gasteiger partial charge in [-0.05, 0) is 56.6 Å². The summed E-state index contributed by atoms with van der Waals surface area (Å²) < 4.78 is 32.6. The van der Waals surface area contributed by atoms with Crippen LogP contribution in [0.1, 0.15) is 51.5 Å². The van der Waals surface area contributed by atoms with Crippen molar-refractivity contribution in [2.24, 2.45) is 0 Å². The summed E-state index contributed by atoms with van der Waals surface area (Å²) in [5.41, 5.74) is 1.49. The third-order valence-corrected chi connectivity index (χ3v) is 7.99. The quantitative estimate of drug-likeness (QED) is 0.613. The number of sulfonamides is 1. The van der Waals surface area contributed by atoms with Gasteiger partial charge in [-0.1, -0.05) is 19.3 Å². The Morgan fingerprint density at radius 3 is 2.69 bits per heavy atom. The average Bonchev–Trinajstić information content (AvgIpc) is 3.49. The molecular formula is C21H33N7O3S. The minimum atomic E-state index is -3.59. The Balaban J connectivity index is 1.63. The van der Waals surface area contributed by atoms with Crippen LogP contribution in [0.15, 0.2) is 23.1 Å². The largest absolute Gasteiger partial charge is 0.382 e. The van der Waals surface area contributed by atoms with E-state index in [-0.39, 0.29) is 17.2 Å². The summed E-state index contributed by atoms with van der Waals surface area (Å²) in [5.74, 6) is 0.426. The van der Waals surface area contributed by atoms with Gasteiger partial charge in [-0.3, -0.25) is 4.90 Å². The molecule has 2 unspecified atom stereocenters. The van der Waals surface area contributed by atoms with Gasteiger partial charge in [-0.15, -0.1) is 10.2 Å². The van der Waals surface area contributed by atoms with Crippen LogP contribution in [0.4, 0.5) is 5.69 Å². The van der Waals surface area contributed by atoms with Crippen molar-refractivity contribution in [1.29, 1.82) is 0 Å². The second kappa shape index (κ2) is 9.82. The van der Waals surface area contributed by atoms with Crippen LogP contribution in [0.25, 0.3) is 11.4 Å². The van der Waals surface area contributed by atoms with Crippen molar-refractivity contribution in [2.45, 2.75) is 68.7 Å². The topological polar surface area (TPSA) is 114 Å². The summed E-state index contributed by atoms with van der Waals surface area (Å²) in [4.78, 5) is 4.08. The summed E-state index contributed by atoms with van der Waals surface area (Å²) in [7, 11) is -0.476. The number of nitrogens with one attached hydrogen (secondary N) is 2. The van der Waals surface area contributed by atoms with Gasteiger partial charge in [0.05, 0.1) is 10.9 Å². The lowest BCUT2D eigenvalue weighted by atomic mass is 9.95. The molecule has 1 aliphatic carbocycles. The molecule has 0 spiro atoms. The standard InChI is InChI=1S/C21H33N7O3S/c1-15(31-3)27-12-11-17(14-27)28-25-21(24-26-28)19-13-18(32(29,30)22-2)9-10-20(19)23-16-7-5-4-6-8-16/h9-10,13,15-17,22-23H,4-8,11-12,14H2,1-3H3. The zero-order valence-electron chi connectivity index (χ0n) is 19.0. The summed E-state index contributed by atoms with van der Waals surface area (Å²) in [6.45, 7) is 3.71. The number of methoxy groups -OCH3 is 1. The average molecular weight is 464 g/mol. The molecule has 4 rings (SSSR count). The minimum Gasteiger partial charge on any atom is -0.382 e. The maximum absolute atomic E-state index is 12.4. The molecule has 176 valence electrons. The Morgan fingerprint density at radius 2 is 1.97 bits per heavy atom. The Morgan fingerprint density at radius 1 is 1.19 bits per heavy atom. The zero-order valence-corrected chi connectivity index (χ0v) is 19.8. The lowest BCUT2D eigenvalue weighted by Crippen LogP contribution is -2.32. The highest BCUT2D eigenvalue weighted by Gasteiger charge is 2.29. The number of aromatic nitrogens is 4. The van der Waals surface area contributed by atoms with Crippen LogP contribution >= 0.6 is 0 Å². The van der Waals surface area contributed by atoms with Gasteiger partial charge in [0.15, 0.2) is 0 Å². The Kier molecular flexibility index (Phi) is 7.08. The first-order valence-corrected chi connectivity index (χ1v) is 12.8. The molecule has 1 aliphatic heterocycles. The summed E-state index contributed by atoms with van der Waals surface area (Å²) >= 11 is 0. The summed E-state index contributed by atoms with van der Waals surface area (Å²) in [5, 5.41) is 16.9. The molecule has 1 aromatic heterocycles. The lowest BCUT2D eigenvalue weighted by Gasteiger charge is -2.25. The molecule has 32 heavy (non-hydrogen) atoms. The zero-order chi connectivity index (χ0) is 22.7. The van der Waals surface area contributed by atoms with E-state index in [2.05, 4.69) is 30.3 Å². The third kappa shape index (κ3) is 4.95. The van der Waals surface area contributed by atoms with E-state index >= 15 is 0 Å². The predicted octanol–water partition coefficient (Wildman–Crippen LogP) is 2.23. The molecule has 0 amide bonds. The van der Waals surface area contributed by atoms with Crippen LogP contribution in [0.5, 0.6) is 0 Å². The van der Waals surface area contributed by atoms with E-state index in [0.717, 1.165) is 38.0 Å². The van der Waals surface area contributed by atoms with Gasteiger partial charge in [0.1, 0.15) is 6.23 Å². The van der Waals surface area contributed by atoms with E-state index in [4.69, 9.17) is 4.74 Å². The van der Waals surface area contributed by atoms with Gasteiger partial charge in [-0.25, -0.2) is 13.1 Å². The monoisotopic (exact) mass is 463 g/mol. The fourth-order valence-corrected chi connectivity index (χ4v) is 5.27. The van der Waals surface area contributed by atoms with Gasteiger partial charge < -0.3 is 10.1 Å². The number of tetrazole rings is 1. The molecule has 1 saturated heterocycles. The number of anilines is 1. The SMILES string of the molecule is CNS(=O)(=O)c1ccc(NC2CCCCC2)c(-c2nnn(C3CCN(C(C)OC)C3)n2)c1. The van der Waals surface area contributed by atoms with Crippen molar-refractivity contribution in [3.05, 3.63) is 18.2 Å². The molecule has 2 N–H and O–H groups in total. The molecule has 2 aliphatic rings.